The fraction of sp³-hybridized carbons (Fsp3) is 0.562. The van der Waals surface area contributed by atoms with Crippen molar-refractivity contribution >= 4 is 40.0 Å². The fourth-order valence-electron chi connectivity index (χ4n) is 2.00. The molecule has 0 fully saturated rings. The normalized spacial score (nSPS) is 11.8. The molecule has 0 unspecified atom stereocenters. The summed E-state index contributed by atoms with van der Waals surface area (Å²) < 4.78 is 38.2. The molecular weight excluding hydrogens is 458 g/mol. The van der Waals surface area contributed by atoms with Crippen molar-refractivity contribution in [3.05, 3.63) is 35.6 Å². The van der Waals surface area contributed by atoms with Crippen molar-refractivity contribution in [2.24, 2.45) is 4.99 Å². The molecule has 25 heavy (non-hydrogen) atoms. The number of hydrogen-bond acceptors (Lipinski definition) is 3. The Labute approximate surface area is 167 Å². The summed E-state index contributed by atoms with van der Waals surface area (Å²) in [4.78, 5) is 6.45. The second-order valence-corrected chi connectivity index (χ2v) is 7.47. The summed E-state index contributed by atoms with van der Waals surface area (Å²) in [5.41, 5.74) is 0.986. The van der Waals surface area contributed by atoms with Gasteiger partial charge in [-0.1, -0.05) is 12.1 Å². The lowest BCUT2D eigenvalue weighted by Crippen LogP contribution is -2.38. The number of sulfonamides is 1. The van der Waals surface area contributed by atoms with Crippen LogP contribution in [0.4, 0.5) is 4.39 Å². The van der Waals surface area contributed by atoms with Gasteiger partial charge < -0.3 is 10.2 Å². The minimum Gasteiger partial charge on any atom is -0.357 e. The van der Waals surface area contributed by atoms with Crippen LogP contribution in [0.15, 0.2) is 29.3 Å². The molecule has 144 valence electrons. The summed E-state index contributed by atoms with van der Waals surface area (Å²) in [6.45, 7) is 5.82. The fourth-order valence-corrected chi connectivity index (χ4v) is 2.66. The number of benzene rings is 1. The van der Waals surface area contributed by atoms with Crippen molar-refractivity contribution in [2.45, 2.75) is 26.8 Å². The third-order valence-corrected chi connectivity index (χ3v) is 4.73. The Hall–Kier alpha value is -0.940. The van der Waals surface area contributed by atoms with Crippen LogP contribution in [0.1, 0.15) is 25.8 Å². The highest BCUT2D eigenvalue weighted by Gasteiger charge is 2.07. The van der Waals surface area contributed by atoms with E-state index >= 15 is 0 Å². The number of rotatable bonds is 9. The topological polar surface area (TPSA) is 73.8 Å². The van der Waals surface area contributed by atoms with Gasteiger partial charge in [0.15, 0.2) is 5.96 Å². The van der Waals surface area contributed by atoms with Crippen LogP contribution in [0, 0.1) is 5.82 Å². The molecule has 0 aliphatic rings. The molecule has 6 nitrogen and oxygen atoms in total. The molecule has 0 aliphatic heterocycles. The molecular formula is C16H28FIN4O2S. The quantitative estimate of drug-likeness (QED) is 0.243. The molecule has 1 aromatic rings. The lowest BCUT2D eigenvalue weighted by Gasteiger charge is -2.22. The number of nitrogens with one attached hydrogen (secondary N) is 2. The van der Waals surface area contributed by atoms with Crippen molar-refractivity contribution < 1.29 is 12.8 Å². The summed E-state index contributed by atoms with van der Waals surface area (Å²) in [6, 6.07) is 6.37. The van der Waals surface area contributed by atoms with Crippen LogP contribution in [0.5, 0.6) is 0 Å². The van der Waals surface area contributed by atoms with Gasteiger partial charge in [0.05, 0.1) is 5.75 Å². The van der Waals surface area contributed by atoms with Gasteiger partial charge in [-0.2, -0.15) is 0 Å². The summed E-state index contributed by atoms with van der Waals surface area (Å²) in [5, 5.41) is 3.20. The van der Waals surface area contributed by atoms with Crippen molar-refractivity contribution in [3.63, 3.8) is 0 Å². The van der Waals surface area contributed by atoms with Crippen molar-refractivity contribution in [1.82, 2.24) is 14.9 Å². The average molecular weight is 486 g/mol. The smallest absolute Gasteiger partial charge is 0.211 e. The second-order valence-electron chi connectivity index (χ2n) is 5.37. The number of aliphatic imine (C=N–C) groups is 1. The summed E-state index contributed by atoms with van der Waals surface area (Å²) in [7, 11) is -1.24. The maximum Gasteiger partial charge on any atom is 0.211 e. The van der Waals surface area contributed by atoms with Gasteiger partial charge in [0.25, 0.3) is 0 Å². The maximum atomic E-state index is 13.0. The van der Waals surface area contributed by atoms with E-state index in [1.807, 2.05) is 18.9 Å². The van der Waals surface area contributed by atoms with Gasteiger partial charge in [0.1, 0.15) is 5.82 Å². The molecule has 0 amide bonds. The number of halogens is 2. The van der Waals surface area contributed by atoms with Crippen LogP contribution in [0.2, 0.25) is 0 Å². The molecule has 0 saturated carbocycles. The molecule has 0 aliphatic carbocycles. The van der Waals surface area contributed by atoms with Gasteiger partial charge in [-0.15, -0.1) is 24.0 Å². The highest BCUT2D eigenvalue weighted by atomic mass is 127. The Bertz CT molecular complexity index is 624. The third kappa shape index (κ3) is 9.95. The van der Waals surface area contributed by atoms with E-state index in [0.717, 1.165) is 18.1 Å². The van der Waals surface area contributed by atoms with Crippen molar-refractivity contribution in [1.29, 1.82) is 0 Å². The highest BCUT2D eigenvalue weighted by Crippen LogP contribution is 2.05. The summed E-state index contributed by atoms with van der Waals surface area (Å²) in [6.07, 6.45) is 0.624. The first-order valence-corrected chi connectivity index (χ1v) is 9.74. The lowest BCUT2D eigenvalue weighted by molar-refractivity contribution is 0.476. The second kappa shape index (κ2) is 12.4. The van der Waals surface area contributed by atoms with Gasteiger partial charge in [-0.05, 0) is 38.0 Å². The third-order valence-electron chi connectivity index (χ3n) is 3.33. The number of nitrogens with zero attached hydrogens (tertiary/aromatic N) is 2. The molecule has 0 saturated heterocycles. The van der Waals surface area contributed by atoms with E-state index in [1.54, 1.807) is 19.1 Å². The van der Waals surface area contributed by atoms with Crippen LogP contribution >= 0.6 is 24.0 Å². The zero-order valence-electron chi connectivity index (χ0n) is 15.0. The molecule has 2 N–H and O–H groups in total. The molecule has 0 aromatic heterocycles. The number of guanidine groups is 1. The van der Waals surface area contributed by atoms with E-state index in [2.05, 4.69) is 15.0 Å². The zero-order valence-corrected chi connectivity index (χ0v) is 18.1. The summed E-state index contributed by atoms with van der Waals surface area (Å²) in [5.74, 6) is 0.566. The van der Waals surface area contributed by atoms with Crippen LogP contribution in [0.25, 0.3) is 0 Å². The van der Waals surface area contributed by atoms with Gasteiger partial charge >= 0.3 is 0 Å². The zero-order chi connectivity index (χ0) is 18.0. The minimum atomic E-state index is -3.15. The Kier molecular flexibility index (Phi) is 12.0. The van der Waals surface area contributed by atoms with E-state index in [4.69, 9.17) is 0 Å². The van der Waals surface area contributed by atoms with E-state index in [9.17, 15) is 12.8 Å². The molecule has 1 aromatic carbocycles. The molecule has 0 radical (unpaired) electrons. The SMILES string of the molecule is CCNC(=NCCCNS(=O)(=O)CC)N(C)Cc1ccc(F)cc1.I. The lowest BCUT2D eigenvalue weighted by atomic mass is 10.2. The number of hydrogen-bond donors (Lipinski definition) is 2. The molecule has 1 rings (SSSR count). The van der Waals surface area contributed by atoms with Crippen LogP contribution in [-0.2, 0) is 16.6 Å². The first kappa shape index (κ1) is 24.1. The minimum absolute atomic E-state index is 0. The van der Waals surface area contributed by atoms with E-state index in [1.165, 1.54) is 12.1 Å². The Morgan fingerprint density at radius 2 is 1.88 bits per heavy atom. The molecule has 0 heterocycles. The van der Waals surface area contributed by atoms with Gasteiger partial charge in [0.2, 0.25) is 10.0 Å². The average Bonchev–Trinajstić information content (AvgIpc) is 2.55. The van der Waals surface area contributed by atoms with E-state index in [0.29, 0.717) is 26.1 Å². The Morgan fingerprint density at radius 1 is 1.24 bits per heavy atom. The molecule has 0 spiro atoms. The maximum absolute atomic E-state index is 13.0. The predicted molar refractivity (Wildman–Crippen MR) is 111 cm³/mol. The largest absolute Gasteiger partial charge is 0.357 e. The van der Waals surface area contributed by atoms with E-state index in [-0.39, 0.29) is 35.5 Å². The van der Waals surface area contributed by atoms with Gasteiger partial charge in [-0.3, -0.25) is 4.99 Å². The van der Waals surface area contributed by atoms with Crippen LogP contribution in [0.3, 0.4) is 0 Å². The highest BCUT2D eigenvalue weighted by molar-refractivity contribution is 14.0. The van der Waals surface area contributed by atoms with E-state index < -0.39 is 10.0 Å². The first-order valence-electron chi connectivity index (χ1n) is 8.09. The van der Waals surface area contributed by atoms with Gasteiger partial charge in [-0.25, -0.2) is 17.5 Å². The predicted octanol–water partition coefficient (Wildman–Crippen LogP) is 2.17. The Morgan fingerprint density at radius 3 is 2.44 bits per heavy atom. The summed E-state index contributed by atoms with van der Waals surface area (Å²) >= 11 is 0. The molecule has 0 atom stereocenters. The first-order chi connectivity index (χ1) is 11.4. The monoisotopic (exact) mass is 486 g/mol. The van der Waals surface area contributed by atoms with Crippen LogP contribution < -0.4 is 10.0 Å². The molecule has 9 heteroatoms. The van der Waals surface area contributed by atoms with Gasteiger partial charge in [0, 0.05) is 33.2 Å². The van der Waals surface area contributed by atoms with Crippen LogP contribution in [-0.4, -0.2) is 51.7 Å². The Balaban J connectivity index is 0.00000576. The standard InChI is InChI=1S/C16H27FN4O2S.HI/c1-4-18-16(19-11-6-12-20-24(22,23)5-2)21(3)13-14-7-9-15(17)10-8-14;/h7-10,20H,4-6,11-13H2,1-3H3,(H,18,19);1H. The van der Waals surface area contributed by atoms with Crippen molar-refractivity contribution in [2.75, 3.05) is 32.4 Å². The molecule has 0 bridgehead atoms. The van der Waals surface area contributed by atoms with Crippen molar-refractivity contribution in [3.8, 4) is 0 Å².